The number of rotatable bonds is 6. The van der Waals surface area contributed by atoms with E-state index < -0.39 is 7.12 Å². The van der Waals surface area contributed by atoms with Gasteiger partial charge >= 0.3 is 7.12 Å². The smallest absolute Gasteiger partial charge is 0.491 e. The van der Waals surface area contributed by atoms with Crippen molar-refractivity contribution in [3.8, 4) is 280 Å². The van der Waals surface area contributed by atoms with Gasteiger partial charge in [0, 0.05) is 66.6 Å². The summed E-state index contributed by atoms with van der Waals surface area (Å²) in [6.07, 6.45) is 9.71. The molecule has 0 unspecified atom stereocenters. The summed E-state index contributed by atoms with van der Waals surface area (Å²) >= 11 is 30.4. The van der Waals surface area contributed by atoms with Crippen LogP contribution in [0.3, 0.4) is 0 Å². The molecule has 0 aliphatic heterocycles. The molecular weight excluding hydrogens is 1450 g/mol. The Morgan fingerprint density at radius 2 is 0.686 bits per heavy atom. The predicted octanol–water partition coefficient (Wildman–Crippen LogP) is 16.7. The van der Waals surface area contributed by atoms with E-state index in [1.165, 1.54) is 28.2 Å². The Labute approximate surface area is 636 Å². The largest absolute Gasteiger partial charge is 0.507 e. The van der Waals surface area contributed by atoms with Crippen LogP contribution in [0.15, 0.2) is 137 Å². The maximum absolute atomic E-state index is 11.2. The average Bonchev–Trinajstić information content (AvgIpc) is 1.34. The van der Waals surface area contributed by atoms with E-state index in [-0.39, 0.29) is 37.8 Å². The molecule has 4 N–H and O–H groups in total. The van der Waals surface area contributed by atoms with Crippen molar-refractivity contribution in [2.24, 2.45) is 0 Å². The van der Waals surface area contributed by atoms with Gasteiger partial charge in [-0.2, -0.15) is 0 Å². The zero-order valence-electron chi connectivity index (χ0n) is 55.8. The zero-order valence-corrected chi connectivity index (χ0v) is 62.1. The van der Waals surface area contributed by atoms with Crippen molar-refractivity contribution >= 4 is 97.6 Å². The highest BCUT2D eigenvalue weighted by molar-refractivity contribution is 9.10. The van der Waals surface area contributed by atoms with Crippen molar-refractivity contribution in [1.82, 2.24) is 9.97 Å². The van der Waals surface area contributed by atoms with Crippen LogP contribution in [0.1, 0.15) is 66.5 Å². The van der Waals surface area contributed by atoms with Crippen LogP contribution in [-0.2, 0) is 10.8 Å². The molecule has 102 heavy (non-hydrogen) atoms. The van der Waals surface area contributed by atoms with Gasteiger partial charge in [0.05, 0.1) is 26.9 Å². The minimum absolute atomic E-state index is 0.0134. The Kier molecular flexibility index (Phi) is 36.7. The number of hydrogen-bond acceptors (Lipinski definition) is 8. The Morgan fingerprint density at radius 3 is 0.971 bits per heavy atom. The van der Waals surface area contributed by atoms with E-state index in [4.69, 9.17) is 74.3 Å². The van der Waals surface area contributed by atoms with E-state index in [2.05, 4.69) is 276 Å². The van der Waals surface area contributed by atoms with Crippen LogP contribution in [0.2, 0.25) is 20.1 Å². The number of benzene rings is 6. The number of nitrogens with zero attached hydrogens (tertiary/aromatic N) is 2. The van der Waals surface area contributed by atoms with Gasteiger partial charge in [-0.05, 0) is 277 Å². The lowest BCUT2D eigenvalue weighted by Gasteiger charge is -2.22. The van der Waals surface area contributed by atoms with Gasteiger partial charge in [0.1, 0.15) is 26.1 Å². The average molecular weight is 1500 g/mol. The summed E-state index contributed by atoms with van der Waals surface area (Å²) in [5.74, 6) is 84.4. The quantitative estimate of drug-likeness (QED) is 0.0976. The lowest BCUT2D eigenvalue weighted by atomic mass is 9.80. The SMILES string of the molecule is C#CC#CC#CC#CC#CC#CC#C.CC#CC#CC#CC#CC#CC#CC#CC#CC#CC#CC#CC.CC(C)(C)c1cc(-c2ccccc2)c(O)c(-c2nc(-c3c(Cl)cccc3Cl)cs2)c1.CC(C)(C)c1cc(-c2ccccc2)c(O)c(-c2nc(Br)cs2)c1.OB(O)c1c(Cl)cccc1Cl. The van der Waals surface area contributed by atoms with Gasteiger partial charge < -0.3 is 20.3 Å². The van der Waals surface area contributed by atoms with Crippen LogP contribution >= 0.6 is 85.0 Å². The van der Waals surface area contributed by atoms with E-state index in [9.17, 15) is 10.2 Å². The molecule has 0 atom stereocenters. The van der Waals surface area contributed by atoms with E-state index in [0.29, 0.717) is 26.9 Å². The van der Waals surface area contributed by atoms with E-state index in [1.54, 1.807) is 44.2 Å². The second-order valence-electron chi connectivity index (χ2n) is 21.2. The van der Waals surface area contributed by atoms with Gasteiger partial charge in [-0.1, -0.05) is 173 Å². The Bertz CT molecular complexity index is 5420. The van der Waals surface area contributed by atoms with Crippen LogP contribution in [-0.4, -0.2) is 37.3 Å². The highest BCUT2D eigenvalue weighted by Gasteiger charge is 2.24. The van der Waals surface area contributed by atoms with Crippen molar-refractivity contribution in [2.45, 2.75) is 66.2 Å². The minimum Gasteiger partial charge on any atom is -0.507 e. The van der Waals surface area contributed by atoms with Gasteiger partial charge in [0.15, 0.2) is 0 Å². The fraction of sp³-hybridized carbons (Fsp3) is 0.114. The summed E-state index contributed by atoms with van der Waals surface area (Å²) in [7, 11) is -1.61. The normalized spacial score (nSPS) is 8.52. The molecule has 0 saturated carbocycles. The van der Waals surface area contributed by atoms with Crippen molar-refractivity contribution in [2.75, 3.05) is 0 Å². The van der Waals surface area contributed by atoms with Crippen LogP contribution in [0.25, 0.3) is 54.7 Å². The molecule has 0 fully saturated rings. The van der Waals surface area contributed by atoms with Gasteiger partial charge in [0.2, 0.25) is 0 Å². The summed E-state index contributed by atoms with van der Waals surface area (Å²) < 4.78 is 0.791. The molecule has 14 heteroatoms. The molecule has 8 rings (SSSR count). The van der Waals surface area contributed by atoms with Gasteiger partial charge in [-0.3, -0.25) is 0 Å². The first-order chi connectivity index (χ1) is 49.1. The lowest BCUT2D eigenvalue weighted by molar-refractivity contribution is 0.426. The number of aromatic hydroxyl groups is 2. The van der Waals surface area contributed by atoms with Crippen molar-refractivity contribution in [3.05, 3.63) is 168 Å². The molecule has 0 aliphatic carbocycles. The molecule has 2 heterocycles. The molecule has 0 amide bonds. The summed E-state index contributed by atoms with van der Waals surface area (Å²) in [5, 5.41) is 46.6. The van der Waals surface area contributed by atoms with Crippen LogP contribution in [0.4, 0.5) is 0 Å². The fourth-order valence-corrected chi connectivity index (χ4v) is 10.8. The Hall–Kier alpha value is -12.1. The molecule has 0 aliphatic rings. The Balaban J connectivity index is 0.000000281. The van der Waals surface area contributed by atoms with E-state index in [1.807, 2.05) is 89.6 Å². The molecule has 0 saturated heterocycles. The third-order valence-electron chi connectivity index (χ3n) is 12.2. The topological polar surface area (TPSA) is 107 Å². The first-order valence-corrected chi connectivity index (χ1v) is 33.6. The fourth-order valence-electron chi connectivity index (χ4n) is 7.54. The van der Waals surface area contributed by atoms with Crippen LogP contribution < -0.4 is 5.46 Å². The molecule has 6 nitrogen and oxygen atoms in total. The summed E-state index contributed by atoms with van der Waals surface area (Å²) in [4.78, 5) is 9.26. The molecule has 6 aromatic carbocycles. The lowest BCUT2D eigenvalue weighted by Crippen LogP contribution is -2.31. The molecule has 2 aromatic heterocycles. The number of aromatic nitrogens is 2. The molecule has 0 radical (unpaired) electrons. The number of phenols is 2. The standard InChI is InChI=1S/C25H21Cl2NOS.C24H6.C19H18BrNOS.C14H2.C6H5BCl2O2/c1-25(2,3)16-12-17(15-8-5-4-6-9-15)23(29)18(13-16)24-28-21(14-30-24)22-19(26)10-7-11-20(22)27;1-3-5-7-9-11-13-15-17-19-21-23-24-22-20-18-16-14-12-10-8-6-4-2;1-19(2,3)13-9-14(12-7-5-4-6-8-12)17(22)15(10-13)18-21-16(20)11-23-18;1-3-5-7-9-11-13-14-12-10-8-6-4-2;8-4-2-1-3-5(9)6(4)7(10)11/h4-14,29H,1-3H3;1-2H3;4-11,22H,1-3H3;1-2H;1-3,10-11H. The molecule has 8 aromatic rings. The van der Waals surface area contributed by atoms with Crippen molar-refractivity contribution in [1.29, 1.82) is 0 Å². The van der Waals surface area contributed by atoms with E-state index in [0.717, 1.165) is 48.0 Å². The number of terminal acetylenes is 2. The first kappa shape index (κ1) is 82.3. The maximum Gasteiger partial charge on any atom is 0.491 e. The predicted molar refractivity (Wildman–Crippen MR) is 430 cm³/mol. The second-order valence-corrected chi connectivity index (χ2v) is 25.4. The monoisotopic (exact) mass is 1490 g/mol. The number of thiazole rings is 2. The summed E-state index contributed by atoms with van der Waals surface area (Å²) in [6.45, 7) is 16.4. The minimum atomic E-state index is -1.61. The number of halogens is 5. The number of hydrogen-bond donors (Lipinski definition) is 4. The third-order valence-corrected chi connectivity index (χ3v) is 15.9. The zero-order chi connectivity index (χ0) is 74.6. The van der Waals surface area contributed by atoms with Crippen LogP contribution in [0, 0.1) is 214 Å². The highest BCUT2D eigenvalue weighted by atomic mass is 79.9. The van der Waals surface area contributed by atoms with Crippen LogP contribution in [0.5, 0.6) is 11.5 Å². The summed E-state index contributed by atoms with van der Waals surface area (Å²) in [6, 6.07) is 38.2. The molecule has 0 bridgehead atoms. The second kappa shape index (κ2) is 45.5. The van der Waals surface area contributed by atoms with Gasteiger partial charge in [-0.25, -0.2) is 9.97 Å². The summed E-state index contributed by atoms with van der Waals surface area (Å²) in [5.41, 5.74) is 8.87. The van der Waals surface area contributed by atoms with Crippen molar-refractivity contribution < 1.29 is 20.3 Å². The van der Waals surface area contributed by atoms with Crippen molar-refractivity contribution in [3.63, 3.8) is 0 Å². The van der Waals surface area contributed by atoms with Gasteiger partial charge in [0.25, 0.3) is 0 Å². The Morgan fingerprint density at radius 1 is 0.392 bits per heavy atom. The van der Waals surface area contributed by atoms with Gasteiger partial charge in [-0.15, -0.1) is 35.5 Å². The van der Waals surface area contributed by atoms with E-state index >= 15 is 0 Å². The maximum atomic E-state index is 11.2. The molecule has 488 valence electrons. The molecule has 0 spiro atoms. The third kappa shape index (κ3) is 29.5. The molecular formula is C88H52BBrCl4N2O4S2. The first-order valence-electron chi connectivity index (χ1n) is 29.5. The highest BCUT2D eigenvalue weighted by Crippen LogP contribution is 2.46. The number of phenolic OH excluding ortho intramolecular Hbond substituents is 2.